The van der Waals surface area contributed by atoms with Crippen LogP contribution in [0.2, 0.25) is 0 Å². The van der Waals surface area contributed by atoms with Crippen LogP contribution in [-0.4, -0.2) is 25.7 Å². The van der Waals surface area contributed by atoms with Crippen molar-refractivity contribution < 1.29 is 9.53 Å². The maximum absolute atomic E-state index is 12.2. The molecular formula is C15H22N2O2. The Bertz CT molecular complexity index is 434. The third-order valence-electron chi connectivity index (χ3n) is 3.40. The van der Waals surface area contributed by atoms with Crippen LogP contribution in [0.15, 0.2) is 24.3 Å². The minimum Gasteiger partial charge on any atom is -0.381 e. The molecule has 2 rings (SSSR count). The van der Waals surface area contributed by atoms with Crippen LogP contribution >= 0.6 is 0 Å². The van der Waals surface area contributed by atoms with Crippen LogP contribution in [0.25, 0.3) is 0 Å². The van der Waals surface area contributed by atoms with Gasteiger partial charge in [0.15, 0.2) is 0 Å². The van der Waals surface area contributed by atoms with E-state index in [4.69, 9.17) is 10.5 Å². The summed E-state index contributed by atoms with van der Waals surface area (Å²) in [4.78, 5) is 14.1. The summed E-state index contributed by atoms with van der Waals surface area (Å²) in [6.45, 7) is 3.97. The minimum absolute atomic E-state index is 0.0385. The van der Waals surface area contributed by atoms with Gasteiger partial charge in [0.1, 0.15) is 0 Å². The molecule has 0 bridgehead atoms. The van der Waals surface area contributed by atoms with Gasteiger partial charge in [0.05, 0.1) is 13.0 Å². The van der Waals surface area contributed by atoms with Gasteiger partial charge in [0.25, 0.3) is 0 Å². The molecule has 0 fully saturated rings. The largest absolute Gasteiger partial charge is 0.381 e. The topological polar surface area (TPSA) is 55.6 Å². The molecule has 1 aliphatic heterocycles. The van der Waals surface area contributed by atoms with Crippen LogP contribution in [-0.2, 0) is 9.53 Å². The van der Waals surface area contributed by atoms with E-state index in [1.54, 1.807) is 0 Å². The summed E-state index contributed by atoms with van der Waals surface area (Å²) in [5.74, 6) is 0.121. The second kappa shape index (κ2) is 6.68. The molecule has 0 radical (unpaired) electrons. The lowest BCUT2D eigenvalue weighted by Crippen LogP contribution is -2.38. The molecule has 0 spiro atoms. The van der Waals surface area contributed by atoms with Crippen molar-refractivity contribution in [2.45, 2.75) is 32.2 Å². The van der Waals surface area contributed by atoms with E-state index in [0.717, 1.165) is 30.7 Å². The van der Waals surface area contributed by atoms with E-state index in [1.807, 2.05) is 29.2 Å². The number of ether oxygens (including phenoxy) is 1. The van der Waals surface area contributed by atoms with Gasteiger partial charge in [-0.3, -0.25) is 4.79 Å². The molecule has 1 unspecified atom stereocenters. The van der Waals surface area contributed by atoms with Crippen molar-refractivity contribution in [3.8, 4) is 0 Å². The molecule has 0 saturated heterocycles. The molecule has 1 aliphatic rings. The summed E-state index contributed by atoms with van der Waals surface area (Å²) >= 11 is 0. The van der Waals surface area contributed by atoms with Crippen molar-refractivity contribution in [2.24, 2.45) is 5.73 Å². The lowest BCUT2D eigenvalue weighted by Gasteiger charge is -2.32. The summed E-state index contributed by atoms with van der Waals surface area (Å²) in [5, 5.41) is 0. The molecular weight excluding hydrogens is 240 g/mol. The van der Waals surface area contributed by atoms with E-state index in [-0.39, 0.29) is 11.9 Å². The molecule has 104 valence electrons. The monoisotopic (exact) mass is 262 g/mol. The number of para-hydroxylation sites is 1. The van der Waals surface area contributed by atoms with Crippen molar-refractivity contribution in [2.75, 3.05) is 24.7 Å². The predicted octanol–water partition coefficient (Wildman–Crippen LogP) is 2.24. The highest BCUT2D eigenvalue weighted by Gasteiger charge is 2.25. The van der Waals surface area contributed by atoms with Crippen LogP contribution in [0.4, 0.5) is 5.69 Å². The van der Waals surface area contributed by atoms with Gasteiger partial charge >= 0.3 is 0 Å². The fourth-order valence-electron chi connectivity index (χ4n) is 2.39. The molecule has 0 aliphatic carbocycles. The van der Waals surface area contributed by atoms with E-state index in [1.165, 1.54) is 0 Å². The summed E-state index contributed by atoms with van der Waals surface area (Å²) in [6.07, 6.45) is 2.23. The number of nitrogens with zero attached hydrogens (tertiary/aromatic N) is 1. The van der Waals surface area contributed by atoms with Crippen molar-refractivity contribution in [1.82, 2.24) is 0 Å². The first-order valence-electron chi connectivity index (χ1n) is 6.96. The second-order valence-electron chi connectivity index (χ2n) is 4.86. The maximum atomic E-state index is 12.2. The van der Waals surface area contributed by atoms with Crippen molar-refractivity contribution in [1.29, 1.82) is 0 Å². The SMILES string of the molecule is CCCOCCC(=O)N1CCC(N)c2ccccc21. The summed E-state index contributed by atoms with van der Waals surface area (Å²) in [6, 6.07) is 7.94. The zero-order chi connectivity index (χ0) is 13.7. The number of fused-ring (bicyclic) bond motifs is 1. The fraction of sp³-hybridized carbons (Fsp3) is 0.533. The molecule has 2 N–H and O–H groups in total. The van der Waals surface area contributed by atoms with Gasteiger partial charge in [-0.05, 0) is 24.5 Å². The van der Waals surface area contributed by atoms with Gasteiger partial charge in [-0.2, -0.15) is 0 Å². The standard InChI is InChI=1S/C15H22N2O2/c1-2-10-19-11-8-15(18)17-9-7-13(16)12-5-3-4-6-14(12)17/h3-6,13H,2,7-11,16H2,1H3. The van der Waals surface area contributed by atoms with E-state index in [9.17, 15) is 4.79 Å². The van der Waals surface area contributed by atoms with Crippen molar-refractivity contribution in [3.05, 3.63) is 29.8 Å². The smallest absolute Gasteiger partial charge is 0.229 e. The third-order valence-corrected chi connectivity index (χ3v) is 3.40. The zero-order valence-electron chi connectivity index (χ0n) is 11.5. The van der Waals surface area contributed by atoms with Gasteiger partial charge in [0, 0.05) is 24.9 Å². The Hall–Kier alpha value is -1.39. The van der Waals surface area contributed by atoms with Crippen LogP contribution in [0.5, 0.6) is 0 Å². The van der Waals surface area contributed by atoms with Crippen LogP contribution in [0.3, 0.4) is 0 Å². The minimum atomic E-state index is 0.0385. The normalized spacial score (nSPS) is 18.2. The molecule has 1 amide bonds. The third kappa shape index (κ3) is 3.33. The molecule has 1 heterocycles. The number of anilines is 1. The second-order valence-corrected chi connectivity index (χ2v) is 4.86. The highest BCUT2D eigenvalue weighted by molar-refractivity contribution is 5.94. The number of nitrogens with two attached hydrogens (primary N) is 1. The zero-order valence-corrected chi connectivity index (χ0v) is 11.5. The Labute approximate surface area is 114 Å². The number of benzene rings is 1. The summed E-state index contributed by atoms with van der Waals surface area (Å²) in [7, 11) is 0. The van der Waals surface area contributed by atoms with Crippen molar-refractivity contribution in [3.63, 3.8) is 0 Å². The van der Waals surface area contributed by atoms with Crippen LogP contribution in [0.1, 0.15) is 37.8 Å². The number of rotatable bonds is 5. The van der Waals surface area contributed by atoms with E-state index < -0.39 is 0 Å². The number of hydrogen-bond acceptors (Lipinski definition) is 3. The number of carbonyl (C=O) groups is 1. The van der Waals surface area contributed by atoms with E-state index >= 15 is 0 Å². The molecule has 1 aromatic carbocycles. The quantitative estimate of drug-likeness (QED) is 0.828. The molecule has 0 saturated carbocycles. The Kier molecular flexibility index (Phi) is 4.93. The van der Waals surface area contributed by atoms with Crippen LogP contribution in [0, 0.1) is 0 Å². The number of amides is 1. The molecule has 0 aromatic heterocycles. The highest BCUT2D eigenvalue weighted by Crippen LogP contribution is 2.32. The van der Waals surface area contributed by atoms with Gasteiger partial charge in [-0.1, -0.05) is 25.1 Å². The van der Waals surface area contributed by atoms with Gasteiger partial charge in [-0.25, -0.2) is 0 Å². The Morgan fingerprint density at radius 3 is 3.00 bits per heavy atom. The summed E-state index contributed by atoms with van der Waals surface area (Å²) in [5.41, 5.74) is 8.11. The van der Waals surface area contributed by atoms with E-state index in [0.29, 0.717) is 19.6 Å². The number of hydrogen-bond donors (Lipinski definition) is 1. The molecule has 1 aromatic rings. The van der Waals surface area contributed by atoms with E-state index in [2.05, 4.69) is 6.92 Å². The highest BCUT2D eigenvalue weighted by atomic mass is 16.5. The summed E-state index contributed by atoms with van der Waals surface area (Å²) < 4.78 is 5.38. The first-order valence-corrected chi connectivity index (χ1v) is 6.96. The molecule has 4 heteroatoms. The lowest BCUT2D eigenvalue weighted by atomic mass is 9.97. The average Bonchev–Trinajstić information content (AvgIpc) is 2.44. The molecule has 19 heavy (non-hydrogen) atoms. The molecule has 1 atom stereocenters. The van der Waals surface area contributed by atoms with Gasteiger partial charge < -0.3 is 15.4 Å². The molecule has 4 nitrogen and oxygen atoms in total. The first kappa shape index (κ1) is 14.0. The van der Waals surface area contributed by atoms with Crippen molar-refractivity contribution >= 4 is 11.6 Å². The van der Waals surface area contributed by atoms with Gasteiger partial charge in [-0.15, -0.1) is 0 Å². The van der Waals surface area contributed by atoms with Gasteiger partial charge in [0.2, 0.25) is 5.91 Å². The first-order chi connectivity index (χ1) is 9.24. The average molecular weight is 262 g/mol. The fourth-order valence-corrected chi connectivity index (χ4v) is 2.39. The lowest BCUT2D eigenvalue weighted by molar-refractivity contribution is -0.119. The Balaban J connectivity index is 2.01. The Morgan fingerprint density at radius 1 is 1.42 bits per heavy atom. The van der Waals surface area contributed by atoms with Crippen LogP contribution < -0.4 is 10.6 Å². The predicted molar refractivity (Wildman–Crippen MR) is 76.1 cm³/mol. The Morgan fingerprint density at radius 2 is 2.21 bits per heavy atom. The maximum Gasteiger partial charge on any atom is 0.229 e. The number of carbonyl (C=O) groups excluding carboxylic acids is 1.